The summed E-state index contributed by atoms with van der Waals surface area (Å²) in [6.07, 6.45) is 4.92. The summed E-state index contributed by atoms with van der Waals surface area (Å²) in [7, 11) is 3.38. The second-order valence-electron chi connectivity index (χ2n) is 8.25. The molecule has 3 amide bonds. The number of rotatable bonds is 3. The lowest BCUT2D eigenvalue weighted by Gasteiger charge is -2.32. The Hall–Kier alpha value is -2.50. The fraction of sp³-hybridized carbons (Fsp3) is 0.524. The molecule has 4 aliphatic rings. The summed E-state index contributed by atoms with van der Waals surface area (Å²) >= 11 is 0. The van der Waals surface area contributed by atoms with Crippen molar-refractivity contribution in [1.29, 1.82) is 0 Å². The lowest BCUT2D eigenvalue weighted by molar-refractivity contribution is -0.128. The monoisotopic (exact) mass is 367 g/mol. The Bertz CT molecular complexity index is 832. The molecule has 2 fully saturated rings. The molecule has 0 saturated heterocycles. The van der Waals surface area contributed by atoms with Gasteiger partial charge in [-0.3, -0.25) is 9.69 Å². The first kappa shape index (κ1) is 16.7. The topological polar surface area (TPSA) is 61.9 Å². The number of likely N-dealkylation sites (N-methyl/N-ethyl adjacent to an activating group) is 1. The summed E-state index contributed by atoms with van der Waals surface area (Å²) in [5, 5.41) is 3.01. The largest absolute Gasteiger partial charge is 0.497 e. The van der Waals surface area contributed by atoms with Crippen LogP contribution in [-0.4, -0.2) is 48.5 Å². The van der Waals surface area contributed by atoms with Gasteiger partial charge in [0.05, 0.1) is 31.0 Å². The third-order valence-corrected chi connectivity index (χ3v) is 6.94. The van der Waals surface area contributed by atoms with Gasteiger partial charge in [-0.05, 0) is 48.8 Å². The van der Waals surface area contributed by atoms with Gasteiger partial charge < -0.3 is 15.0 Å². The standard InChI is InChI=1S/C21H25N3O3/c1-23-17-11-24(16-10-12-3-4-14(16)9-12)20(25)18(17)19(22-21(23)26)13-5-7-15(27-2)8-6-13/h5-8,12,14,16,19H,3-4,9-11H2,1-2H3,(H,22,26). The Morgan fingerprint density at radius 1 is 1.11 bits per heavy atom. The molecule has 1 N–H and O–H groups in total. The van der Waals surface area contributed by atoms with Gasteiger partial charge in [-0.1, -0.05) is 18.6 Å². The van der Waals surface area contributed by atoms with Gasteiger partial charge in [0.1, 0.15) is 5.75 Å². The van der Waals surface area contributed by atoms with Crippen LogP contribution in [0.25, 0.3) is 0 Å². The molecular formula is C21H25N3O3. The zero-order valence-corrected chi connectivity index (χ0v) is 15.8. The minimum Gasteiger partial charge on any atom is -0.497 e. The van der Waals surface area contributed by atoms with Gasteiger partial charge in [-0.2, -0.15) is 0 Å². The molecule has 6 heteroatoms. The van der Waals surface area contributed by atoms with Crippen molar-refractivity contribution in [2.45, 2.75) is 37.8 Å². The number of nitrogens with one attached hydrogen (secondary N) is 1. The summed E-state index contributed by atoms with van der Waals surface area (Å²) in [5.74, 6) is 2.26. The average molecular weight is 367 g/mol. The highest BCUT2D eigenvalue weighted by atomic mass is 16.5. The third-order valence-electron chi connectivity index (χ3n) is 6.94. The molecule has 5 rings (SSSR count). The highest BCUT2D eigenvalue weighted by Crippen LogP contribution is 2.49. The second-order valence-corrected chi connectivity index (χ2v) is 8.25. The predicted molar refractivity (Wildman–Crippen MR) is 100 cm³/mol. The van der Waals surface area contributed by atoms with E-state index in [0.717, 1.165) is 34.9 Å². The van der Waals surface area contributed by atoms with E-state index in [0.29, 0.717) is 18.5 Å². The van der Waals surface area contributed by atoms with Crippen LogP contribution in [0.2, 0.25) is 0 Å². The smallest absolute Gasteiger partial charge is 0.322 e. The predicted octanol–water partition coefficient (Wildman–Crippen LogP) is 2.68. The number of urea groups is 1. The number of fused-ring (bicyclic) bond motifs is 2. The molecule has 0 radical (unpaired) electrons. The molecule has 4 atom stereocenters. The fourth-order valence-electron chi connectivity index (χ4n) is 5.50. The van der Waals surface area contributed by atoms with Gasteiger partial charge in [0.25, 0.3) is 5.91 Å². The lowest BCUT2D eigenvalue weighted by Crippen LogP contribution is -2.45. The molecule has 2 aliphatic carbocycles. The zero-order valence-electron chi connectivity index (χ0n) is 15.8. The van der Waals surface area contributed by atoms with Gasteiger partial charge in [-0.15, -0.1) is 0 Å². The number of methoxy groups -OCH3 is 1. The average Bonchev–Trinajstić information content (AvgIpc) is 3.39. The summed E-state index contributed by atoms with van der Waals surface area (Å²) in [6.45, 7) is 0.554. The SMILES string of the molecule is COc1ccc(C2NC(=O)N(C)C3=C2C(=O)N(C2CC4CCC2C4)C3)cc1. The molecule has 0 spiro atoms. The molecule has 2 bridgehead atoms. The maximum Gasteiger partial charge on any atom is 0.322 e. The fourth-order valence-corrected chi connectivity index (χ4v) is 5.50. The number of hydrogen-bond donors (Lipinski definition) is 1. The first-order valence-electron chi connectivity index (χ1n) is 9.79. The number of amides is 3. The van der Waals surface area contributed by atoms with Crippen molar-refractivity contribution in [1.82, 2.24) is 15.1 Å². The maximum atomic E-state index is 13.4. The Labute approximate surface area is 159 Å². The molecule has 142 valence electrons. The van der Waals surface area contributed by atoms with Crippen molar-refractivity contribution < 1.29 is 14.3 Å². The molecule has 6 nitrogen and oxygen atoms in total. The van der Waals surface area contributed by atoms with E-state index in [9.17, 15) is 9.59 Å². The number of carbonyl (C=O) groups excluding carboxylic acids is 2. The van der Waals surface area contributed by atoms with Crippen LogP contribution in [-0.2, 0) is 4.79 Å². The second kappa shape index (κ2) is 6.01. The van der Waals surface area contributed by atoms with Crippen LogP contribution in [0.1, 0.15) is 37.3 Å². The maximum absolute atomic E-state index is 13.4. The van der Waals surface area contributed by atoms with Crippen LogP contribution in [0.4, 0.5) is 4.79 Å². The summed E-state index contributed by atoms with van der Waals surface area (Å²) in [6, 6.07) is 7.37. The minimum absolute atomic E-state index is 0.0928. The van der Waals surface area contributed by atoms with Crippen LogP contribution in [0.3, 0.4) is 0 Å². The van der Waals surface area contributed by atoms with E-state index in [-0.39, 0.29) is 11.9 Å². The number of ether oxygens (including phenoxy) is 1. The van der Waals surface area contributed by atoms with Crippen molar-refractivity contribution in [3.05, 3.63) is 41.1 Å². The molecule has 1 aromatic rings. The van der Waals surface area contributed by atoms with Crippen LogP contribution >= 0.6 is 0 Å². The quantitative estimate of drug-likeness (QED) is 0.893. The summed E-state index contributed by atoms with van der Waals surface area (Å²) in [4.78, 5) is 29.6. The van der Waals surface area contributed by atoms with Crippen molar-refractivity contribution >= 4 is 11.9 Å². The number of carbonyl (C=O) groups is 2. The van der Waals surface area contributed by atoms with Crippen LogP contribution in [0.5, 0.6) is 5.75 Å². The van der Waals surface area contributed by atoms with E-state index in [1.807, 2.05) is 29.2 Å². The van der Waals surface area contributed by atoms with E-state index in [1.54, 1.807) is 19.1 Å². The Morgan fingerprint density at radius 2 is 1.89 bits per heavy atom. The van der Waals surface area contributed by atoms with Gasteiger partial charge in [-0.25, -0.2) is 4.79 Å². The molecule has 4 unspecified atom stereocenters. The number of benzene rings is 1. The zero-order chi connectivity index (χ0) is 18.7. The van der Waals surface area contributed by atoms with Gasteiger partial charge in [0.15, 0.2) is 0 Å². The first-order chi connectivity index (χ1) is 13.1. The van der Waals surface area contributed by atoms with Crippen molar-refractivity contribution in [2.24, 2.45) is 11.8 Å². The van der Waals surface area contributed by atoms with Gasteiger partial charge in [0, 0.05) is 13.1 Å². The summed E-state index contributed by atoms with van der Waals surface area (Å²) in [5.41, 5.74) is 2.49. The Balaban J connectivity index is 1.48. The van der Waals surface area contributed by atoms with E-state index in [4.69, 9.17) is 4.74 Å². The Morgan fingerprint density at radius 3 is 2.52 bits per heavy atom. The van der Waals surface area contributed by atoms with Gasteiger partial charge in [0.2, 0.25) is 0 Å². The van der Waals surface area contributed by atoms with Gasteiger partial charge >= 0.3 is 6.03 Å². The van der Waals surface area contributed by atoms with E-state index < -0.39 is 6.04 Å². The van der Waals surface area contributed by atoms with Crippen molar-refractivity contribution in [3.63, 3.8) is 0 Å². The van der Waals surface area contributed by atoms with Crippen LogP contribution in [0, 0.1) is 11.8 Å². The van der Waals surface area contributed by atoms with E-state index in [2.05, 4.69) is 5.32 Å². The molecule has 2 aliphatic heterocycles. The molecule has 1 aromatic carbocycles. The molecule has 2 heterocycles. The third kappa shape index (κ3) is 2.46. The first-order valence-corrected chi connectivity index (χ1v) is 9.79. The molecular weight excluding hydrogens is 342 g/mol. The van der Waals surface area contributed by atoms with E-state index in [1.165, 1.54) is 19.3 Å². The number of hydrogen-bond acceptors (Lipinski definition) is 3. The van der Waals surface area contributed by atoms with E-state index >= 15 is 0 Å². The highest BCUT2D eigenvalue weighted by Gasteiger charge is 2.50. The highest BCUT2D eigenvalue weighted by molar-refractivity contribution is 6.01. The van der Waals surface area contributed by atoms with Crippen molar-refractivity contribution in [2.75, 3.05) is 20.7 Å². The summed E-state index contributed by atoms with van der Waals surface area (Å²) < 4.78 is 5.23. The Kier molecular flexibility index (Phi) is 3.71. The molecule has 27 heavy (non-hydrogen) atoms. The van der Waals surface area contributed by atoms with Crippen molar-refractivity contribution in [3.8, 4) is 5.75 Å². The van der Waals surface area contributed by atoms with Crippen LogP contribution < -0.4 is 10.1 Å². The molecule has 2 saturated carbocycles. The molecule has 0 aromatic heterocycles. The van der Waals surface area contributed by atoms with Crippen LogP contribution in [0.15, 0.2) is 35.5 Å². The minimum atomic E-state index is -0.398. The normalized spacial score (nSPS) is 32.2. The lowest BCUT2D eigenvalue weighted by atomic mass is 9.93. The number of nitrogens with zero attached hydrogens (tertiary/aromatic N) is 2.